The molecule has 1 aromatic heterocycles. The zero-order valence-corrected chi connectivity index (χ0v) is 12.9. The molecule has 18 heavy (non-hydrogen) atoms. The Morgan fingerprint density at radius 3 is 2.72 bits per heavy atom. The van der Waals surface area contributed by atoms with Gasteiger partial charge < -0.3 is 10.5 Å². The monoisotopic (exact) mass is 325 g/mol. The Hall–Kier alpha value is -0.840. The molecular formula is C14H16BrNOS. The molecule has 2 aromatic rings. The molecule has 0 saturated heterocycles. The summed E-state index contributed by atoms with van der Waals surface area (Å²) in [5, 5.41) is 0. The van der Waals surface area contributed by atoms with Gasteiger partial charge in [-0.25, -0.2) is 0 Å². The van der Waals surface area contributed by atoms with Gasteiger partial charge in [-0.2, -0.15) is 0 Å². The van der Waals surface area contributed by atoms with Crippen LogP contribution in [0.1, 0.15) is 20.9 Å². The molecule has 96 valence electrons. The molecule has 2 nitrogen and oxygen atoms in total. The van der Waals surface area contributed by atoms with Crippen LogP contribution in [0.25, 0.3) is 0 Å². The van der Waals surface area contributed by atoms with Crippen molar-refractivity contribution < 1.29 is 4.74 Å². The number of thiophene rings is 1. The first kappa shape index (κ1) is 13.6. The second-order valence-electron chi connectivity index (χ2n) is 4.20. The first-order chi connectivity index (χ1) is 8.60. The average molecular weight is 326 g/mol. The lowest BCUT2D eigenvalue weighted by molar-refractivity contribution is 0.303. The van der Waals surface area contributed by atoms with E-state index in [9.17, 15) is 0 Å². The fourth-order valence-electron chi connectivity index (χ4n) is 1.72. The van der Waals surface area contributed by atoms with Gasteiger partial charge in [0.2, 0.25) is 0 Å². The van der Waals surface area contributed by atoms with Crippen molar-refractivity contribution in [1.82, 2.24) is 0 Å². The van der Waals surface area contributed by atoms with Gasteiger partial charge in [0.05, 0.1) is 0 Å². The summed E-state index contributed by atoms with van der Waals surface area (Å²) in [7, 11) is 0. The fraction of sp³-hybridized carbons (Fsp3) is 0.286. The largest absolute Gasteiger partial charge is 0.489 e. The minimum Gasteiger partial charge on any atom is -0.489 e. The minimum atomic E-state index is 0.597. The summed E-state index contributed by atoms with van der Waals surface area (Å²) >= 11 is 5.20. The van der Waals surface area contributed by atoms with E-state index in [4.69, 9.17) is 10.5 Å². The van der Waals surface area contributed by atoms with E-state index in [-0.39, 0.29) is 0 Å². The normalized spacial score (nSPS) is 10.7. The molecule has 0 bridgehead atoms. The standard InChI is InChI=1S/C14H16BrNOS/c1-9-3-4-12(15)6-14(9)17-8-11-5-13(7-16)18-10(11)2/h3-6H,7-8,16H2,1-2H3. The average Bonchev–Trinajstić information content (AvgIpc) is 2.71. The molecule has 0 amide bonds. The molecule has 1 heterocycles. The lowest BCUT2D eigenvalue weighted by atomic mass is 10.2. The van der Waals surface area contributed by atoms with Gasteiger partial charge in [0.15, 0.2) is 0 Å². The third kappa shape index (κ3) is 3.13. The van der Waals surface area contributed by atoms with Gasteiger partial charge >= 0.3 is 0 Å². The van der Waals surface area contributed by atoms with Gasteiger partial charge in [-0.3, -0.25) is 0 Å². The highest BCUT2D eigenvalue weighted by Crippen LogP contribution is 2.26. The van der Waals surface area contributed by atoms with Crippen molar-refractivity contribution in [2.24, 2.45) is 5.73 Å². The van der Waals surface area contributed by atoms with E-state index in [2.05, 4.69) is 28.9 Å². The third-order valence-corrected chi connectivity index (χ3v) is 4.41. The van der Waals surface area contributed by atoms with Crippen LogP contribution in [0.4, 0.5) is 0 Å². The number of halogens is 1. The fourth-order valence-corrected chi connectivity index (χ4v) is 2.98. The second-order valence-corrected chi connectivity index (χ2v) is 6.45. The summed E-state index contributed by atoms with van der Waals surface area (Å²) in [6.45, 7) is 5.35. The molecule has 0 saturated carbocycles. The van der Waals surface area contributed by atoms with Crippen molar-refractivity contribution in [3.05, 3.63) is 49.6 Å². The summed E-state index contributed by atoms with van der Waals surface area (Å²) in [4.78, 5) is 2.49. The Morgan fingerprint density at radius 2 is 2.06 bits per heavy atom. The number of nitrogens with two attached hydrogens (primary N) is 1. The van der Waals surface area contributed by atoms with Crippen LogP contribution in [-0.2, 0) is 13.2 Å². The van der Waals surface area contributed by atoms with Gasteiger partial charge in [0.25, 0.3) is 0 Å². The number of benzene rings is 1. The Kier molecular flexibility index (Phi) is 4.43. The van der Waals surface area contributed by atoms with Crippen LogP contribution in [0, 0.1) is 13.8 Å². The van der Waals surface area contributed by atoms with Crippen LogP contribution in [0.3, 0.4) is 0 Å². The van der Waals surface area contributed by atoms with Crippen LogP contribution in [-0.4, -0.2) is 0 Å². The lowest BCUT2D eigenvalue weighted by Crippen LogP contribution is -1.97. The van der Waals surface area contributed by atoms with Crippen molar-refractivity contribution in [3.63, 3.8) is 0 Å². The third-order valence-electron chi connectivity index (χ3n) is 2.81. The van der Waals surface area contributed by atoms with Crippen molar-refractivity contribution >= 4 is 27.3 Å². The van der Waals surface area contributed by atoms with E-state index in [1.165, 1.54) is 15.3 Å². The van der Waals surface area contributed by atoms with E-state index in [0.717, 1.165) is 15.8 Å². The van der Waals surface area contributed by atoms with Gasteiger partial charge in [-0.1, -0.05) is 22.0 Å². The maximum atomic E-state index is 5.88. The molecule has 0 radical (unpaired) electrons. The highest BCUT2D eigenvalue weighted by molar-refractivity contribution is 9.10. The molecule has 0 unspecified atom stereocenters. The summed E-state index contributed by atoms with van der Waals surface area (Å²) in [5.41, 5.74) is 8.01. The smallest absolute Gasteiger partial charge is 0.123 e. The maximum absolute atomic E-state index is 5.88. The lowest BCUT2D eigenvalue weighted by Gasteiger charge is -2.09. The molecule has 0 atom stereocenters. The van der Waals surface area contributed by atoms with Crippen LogP contribution >= 0.6 is 27.3 Å². The number of aryl methyl sites for hydroxylation is 2. The summed E-state index contributed by atoms with van der Waals surface area (Å²) in [6, 6.07) is 8.20. The molecule has 4 heteroatoms. The number of hydrogen-bond acceptors (Lipinski definition) is 3. The summed E-state index contributed by atoms with van der Waals surface area (Å²) in [6.07, 6.45) is 0. The predicted molar refractivity (Wildman–Crippen MR) is 80.2 cm³/mol. The van der Waals surface area contributed by atoms with E-state index in [1.54, 1.807) is 11.3 Å². The molecule has 0 fully saturated rings. The molecule has 1 aromatic carbocycles. The number of hydrogen-bond donors (Lipinski definition) is 1. The van der Waals surface area contributed by atoms with Gasteiger partial charge in [0.1, 0.15) is 12.4 Å². The van der Waals surface area contributed by atoms with E-state index in [0.29, 0.717) is 13.2 Å². The van der Waals surface area contributed by atoms with Gasteiger partial charge in [-0.05, 0) is 37.6 Å². The van der Waals surface area contributed by atoms with E-state index < -0.39 is 0 Å². The van der Waals surface area contributed by atoms with Crippen LogP contribution in [0.2, 0.25) is 0 Å². The predicted octanol–water partition coefficient (Wildman–Crippen LogP) is 4.17. The molecular weight excluding hydrogens is 310 g/mol. The van der Waals surface area contributed by atoms with Crippen molar-refractivity contribution in [2.75, 3.05) is 0 Å². The zero-order valence-electron chi connectivity index (χ0n) is 10.5. The molecule has 0 spiro atoms. The first-order valence-electron chi connectivity index (χ1n) is 5.77. The Morgan fingerprint density at radius 1 is 1.28 bits per heavy atom. The molecule has 0 aliphatic rings. The number of ether oxygens (including phenoxy) is 1. The highest BCUT2D eigenvalue weighted by atomic mass is 79.9. The topological polar surface area (TPSA) is 35.2 Å². The Labute approximate surface area is 120 Å². The van der Waals surface area contributed by atoms with E-state index in [1.807, 2.05) is 25.1 Å². The highest BCUT2D eigenvalue weighted by Gasteiger charge is 2.06. The van der Waals surface area contributed by atoms with Crippen LogP contribution in [0.15, 0.2) is 28.7 Å². The Bertz CT molecular complexity index is 551. The van der Waals surface area contributed by atoms with Crippen molar-refractivity contribution in [2.45, 2.75) is 27.0 Å². The van der Waals surface area contributed by atoms with Crippen LogP contribution < -0.4 is 10.5 Å². The van der Waals surface area contributed by atoms with E-state index >= 15 is 0 Å². The summed E-state index contributed by atoms with van der Waals surface area (Å²) < 4.78 is 6.91. The zero-order chi connectivity index (χ0) is 13.1. The molecule has 0 aliphatic carbocycles. The molecule has 2 N–H and O–H groups in total. The summed E-state index contributed by atoms with van der Waals surface area (Å²) in [5.74, 6) is 0.921. The van der Waals surface area contributed by atoms with Crippen molar-refractivity contribution in [1.29, 1.82) is 0 Å². The van der Waals surface area contributed by atoms with Gasteiger partial charge in [-0.15, -0.1) is 11.3 Å². The number of rotatable bonds is 4. The van der Waals surface area contributed by atoms with Crippen LogP contribution in [0.5, 0.6) is 5.75 Å². The second kappa shape index (κ2) is 5.87. The minimum absolute atomic E-state index is 0.597. The van der Waals surface area contributed by atoms with Crippen molar-refractivity contribution in [3.8, 4) is 5.75 Å². The van der Waals surface area contributed by atoms with Gasteiger partial charge in [0, 0.05) is 26.3 Å². The maximum Gasteiger partial charge on any atom is 0.123 e. The SMILES string of the molecule is Cc1ccc(Br)cc1OCc1cc(CN)sc1C. The first-order valence-corrected chi connectivity index (χ1v) is 7.38. The Balaban J connectivity index is 2.11. The molecule has 0 aliphatic heterocycles. The quantitative estimate of drug-likeness (QED) is 0.915. The molecule has 2 rings (SSSR count).